The summed E-state index contributed by atoms with van der Waals surface area (Å²) in [6.45, 7) is 11.2. The average Bonchev–Trinajstić information content (AvgIpc) is 2.61. The molecule has 0 N–H and O–H groups in total. The molecule has 176 valence electrons. The van der Waals surface area contributed by atoms with Gasteiger partial charge in [0.1, 0.15) is 11.4 Å². The molecule has 2 aromatic rings. The minimum Gasteiger partial charge on any atom is -0.444 e. The summed E-state index contributed by atoms with van der Waals surface area (Å²) in [6, 6.07) is 0.395. The summed E-state index contributed by atoms with van der Waals surface area (Å²) in [5.41, 5.74) is -1.16. The second-order valence-corrected chi connectivity index (χ2v) is 9.78. The van der Waals surface area contributed by atoms with E-state index in [1.54, 1.807) is 25.7 Å². The van der Waals surface area contributed by atoms with Crippen LogP contribution in [-0.2, 0) is 10.9 Å². The van der Waals surface area contributed by atoms with Crippen LogP contribution in [0.5, 0.6) is 0 Å². The van der Waals surface area contributed by atoms with Gasteiger partial charge in [0.15, 0.2) is 0 Å². The first-order valence-corrected chi connectivity index (χ1v) is 10.9. The number of ether oxygens (including phenoxy) is 1. The molecule has 1 aliphatic heterocycles. The molecule has 0 bridgehead atoms. The molecule has 11 heteroatoms. The number of carbonyl (C=O) groups is 1. The second-order valence-electron chi connectivity index (χ2n) is 9.06. The number of nitrogens with zero attached hydrogens (tertiary/aromatic N) is 4. The van der Waals surface area contributed by atoms with Gasteiger partial charge in [-0.3, -0.25) is 4.90 Å². The van der Waals surface area contributed by atoms with Crippen molar-refractivity contribution in [3.05, 3.63) is 27.5 Å². The standard InChI is InChI=1S/C21H25Cl2F3N4O2/c1-10-8-29(9-11(2)30(10)19(31)32-20(4,5)6)17-13-7-14(21(24,25)26)15(22)12(3)16(13)27-18(23)28-17/h7,10-11H,8-9H2,1-6H3. The maximum atomic E-state index is 13.6. The molecule has 3 rings (SSSR count). The lowest BCUT2D eigenvalue weighted by Crippen LogP contribution is -2.59. The SMILES string of the molecule is Cc1c(Cl)c(C(F)(F)F)cc2c(N3CC(C)N(C(=O)OC(C)(C)C)C(C)C3)nc(Cl)nc12. The van der Waals surface area contributed by atoms with Gasteiger partial charge in [-0.05, 0) is 64.8 Å². The van der Waals surface area contributed by atoms with Gasteiger partial charge in [0.05, 0.1) is 28.2 Å². The monoisotopic (exact) mass is 492 g/mol. The zero-order valence-electron chi connectivity index (χ0n) is 18.6. The Kier molecular flexibility index (Phi) is 6.47. The summed E-state index contributed by atoms with van der Waals surface area (Å²) in [4.78, 5) is 24.5. The molecule has 1 aromatic carbocycles. The number of aryl methyl sites for hydroxylation is 1. The number of piperazine rings is 1. The van der Waals surface area contributed by atoms with Gasteiger partial charge in [-0.1, -0.05) is 11.6 Å². The average molecular weight is 493 g/mol. The fourth-order valence-electron chi connectivity index (χ4n) is 3.98. The predicted octanol–water partition coefficient (Wildman–Crippen LogP) is 6.10. The van der Waals surface area contributed by atoms with Crippen molar-refractivity contribution in [1.29, 1.82) is 0 Å². The van der Waals surface area contributed by atoms with Crippen LogP contribution in [-0.4, -0.2) is 51.7 Å². The summed E-state index contributed by atoms with van der Waals surface area (Å²) in [5.74, 6) is 0.271. The molecular formula is C21H25Cl2F3N4O2. The first-order chi connectivity index (χ1) is 14.6. The van der Waals surface area contributed by atoms with Crippen molar-refractivity contribution in [2.24, 2.45) is 0 Å². The Morgan fingerprint density at radius 2 is 1.69 bits per heavy atom. The number of hydrogen-bond acceptors (Lipinski definition) is 5. The fraction of sp³-hybridized carbons (Fsp3) is 0.571. The molecule has 0 radical (unpaired) electrons. The molecule has 32 heavy (non-hydrogen) atoms. The maximum Gasteiger partial charge on any atom is 0.417 e. The molecule has 2 atom stereocenters. The van der Waals surface area contributed by atoms with Crippen LogP contribution in [0.25, 0.3) is 10.9 Å². The maximum absolute atomic E-state index is 13.6. The number of benzene rings is 1. The molecule has 2 heterocycles. The van der Waals surface area contributed by atoms with E-state index < -0.39 is 28.5 Å². The van der Waals surface area contributed by atoms with Crippen molar-refractivity contribution in [2.75, 3.05) is 18.0 Å². The minimum absolute atomic E-state index is 0.0960. The van der Waals surface area contributed by atoms with E-state index in [1.165, 1.54) is 6.92 Å². The lowest BCUT2D eigenvalue weighted by atomic mass is 10.0. The Bertz CT molecular complexity index is 1040. The van der Waals surface area contributed by atoms with Gasteiger partial charge < -0.3 is 9.64 Å². The van der Waals surface area contributed by atoms with Crippen molar-refractivity contribution in [2.45, 2.75) is 65.4 Å². The van der Waals surface area contributed by atoms with Crippen molar-refractivity contribution in [1.82, 2.24) is 14.9 Å². The molecule has 0 saturated carbocycles. The van der Waals surface area contributed by atoms with Crippen LogP contribution in [0.4, 0.5) is 23.8 Å². The Hall–Kier alpha value is -2.00. The molecule has 6 nitrogen and oxygen atoms in total. The summed E-state index contributed by atoms with van der Waals surface area (Å²) in [6.07, 6.45) is -5.08. The van der Waals surface area contributed by atoms with Crippen molar-refractivity contribution < 1.29 is 22.7 Å². The second kappa shape index (κ2) is 8.41. The van der Waals surface area contributed by atoms with Crippen LogP contribution in [0.1, 0.15) is 45.7 Å². The van der Waals surface area contributed by atoms with Gasteiger partial charge in [0, 0.05) is 18.5 Å². The van der Waals surface area contributed by atoms with Crippen molar-refractivity contribution >= 4 is 46.0 Å². The Morgan fingerprint density at radius 3 is 2.19 bits per heavy atom. The largest absolute Gasteiger partial charge is 0.444 e. The molecule has 2 unspecified atom stereocenters. The highest BCUT2D eigenvalue weighted by atomic mass is 35.5. The number of halogens is 5. The highest BCUT2D eigenvalue weighted by Gasteiger charge is 2.38. The number of carbonyl (C=O) groups excluding carboxylic acids is 1. The first-order valence-electron chi connectivity index (χ1n) is 10.1. The summed E-state index contributed by atoms with van der Waals surface area (Å²) in [5, 5.41) is -0.308. The van der Waals surface area contributed by atoms with E-state index in [9.17, 15) is 18.0 Å². The van der Waals surface area contributed by atoms with Gasteiger partial charge in [0.25, 0.3) is 0 Å². The number of anilines is 1. The van der Waals surface area contributed by atoms with Gasteiger partial charge in [-0.25, -0.2) is 9.78 Å². The fourth-order valence-corrected chi connectivity index (χ4v) is 4.40. The van der Waals surface area contributed by atoms with Crippen LogP contribution in [0.3, 0.4) is 0 Å². The van der Waals surface area contributed by atoms with E-state index in [1.807, 2.05) is 18.7 Å². The lowest BCUT2D eigenvalue weighted by molar-refractivity contribution is -0.137. The van der Waals surface area contributed by atoms with Crippen molar-refractivity contribution in [3.63, 3.8) is 0 Å². The Labute approximate surface area is 194 Å². The van der Waals surface area contributed by atoms with E-state index >= 15 is 0 Å². The third-order valence-electron chi connectivity index (χ3n) is 5.24. The van der Waals surface area contributed by atoms with Gasteiger partial charge in [-0.2, -0.15) is 18.2 Å². The summed E-state index contributed by atoms with van der Waals surface area (Å²) >= 11 is 12.1. The number of rotatable bonds is 1. The molecule has 1 aliphatic rings. The minimum atomic E-state index is -4.64. The molecule has 1 saturated heterocycles. The Balaban J connectivity index is 2.05. The third-order valence-corrected chi connectivity index (χ3v) is 5.89. The quantitative estimate of drug-likeness (QED) is 0.450. The van der Waals surface area contributed by atoms with Gasteiger partial charge in [-0.15, -0.1) is 0 Å². The number of alkyl halides is 3. The third kappa shape index (κ3) is 4.83. The topological polar surface area (TPSA) is 58.6 Å². The van der Waals surface area contributed by atoms with E-state index in [0.29, 0.717) is 13.1 Å². The molecule has 1 fully saturated rings. The number of aromatic nitrogens is 2. The molecule has 1 amide bonds. The normalized spacial score (nSPS) is 20.1. The van der Waals surface area contributed by atoms with Crippen LogP contribution in [0, 0.1) is 6.92 Å². The molecule has 0 spiro atoms. The van der Waals surface area contributed by atoms with Crippen LogP contribution in [0.2, 0.25) is 10.3 Å². The highest BCUT2D eigenvalue weighted by Crippen LogP contribution is 2.41. The van der Waals surface area contributed by atoms with Crippen LogP contribution < -0.4 is 4.90 Å². The van der Waals surface area contributed by atoms with E-state index in [2.05, 4.69) is 9.97 Å². The number of fused-ring (bicyclic) bond motifs is 1. The number of hydrogen-bond donors (Lipinski definition) is 0. The first kappa shape index (κ1) is 24.6. The Morgan fingerprint density at radius 1 is 1.12 bits per heavy atom. The van der Waals surface area contributed by atoms with E-state index in [-0.39, 0.29) is 39.7 Å². The van der Waals surface area contributed by atoms with Crippen LogP contribution in [0.15, 0.2) is 6.07 Å². The lowest BCUT2D eigenvalue weighted by Gasteiger charge is -2.45. The summed E-state index contributed by atoms with van der Waals surface area (Å²) in [7, 11) is 0. The predicted molar refractivity (Wildman–Crippen MR) is 119 cm³/mol. The summed E-state index contributed by atoms with van der Waals surface area (Å²) < 4.78 is 46.3. The van der Waals surface area contributed by atoms with Gasteiger partial charge in [0.2, 0.25) is 5.28 Å². The highest BCUT2D eigenvalue weighted by molar-refractivity contribution is 6.33. The molecule has 0 aliphatic carbocycles. The number of amides is 1. The molecular weight excluding hydrogens is 468 g/mol. The van der Waals surface area contributed by atoms with E-state index in [4.69, 9.17) is 27.9 Å². The molecule has 1 aromatic heterocycles. The van der Waals surface area contributed by atoms with Crippen LogP contribution >= 0.6 is 23.2 Å². The van der Waals surface area contributed by atoms with E-state index in [0.717, 1.165) is 6.07 Å². The van der Waals surface area contributed by atoms with Crippen molar-refractivity contribution in [3.8, 4) is 0 Å². The smallest absolute Gasteiger partial charge is 0.417 e. The zero-order valence-corrected chi connectivity index (χ0v) is 20.2. The van der Waals surface area contributed by atoms with Gasteiger partial charge >= 0.3 is 12.3 Å². The zero-order chi connectivity index (χ0) is 24.2.